The molecule has 0 radical (unpaired) electrons. The zero-order chi connectivity index (χ0) is 20.6. The summed E-state index contributed by atoms with van der Waals surface area (Å²) in [6, 6.07) is 0. The van der Waals surface area contributed by atoms with E-state index in [4.69, 9.17) is 4.74 Å². The maximum atomic E-state index is 11.2. The average molecular weight is 403 g/mol. The molecule has 0 aliphatic rings. The minimum absolute atomic E-state index is 0.0242. The van der Waals surface area contributed by atoms with Crippen LogP contribution < -0.4 is 5.73 Å². The number of ether oxygens (including phenoxy) is 1. The van der Waals surface area contributed by atoms with E-state index < -0.39 is 19.9 Å². The third kappa shape index (κ3) is 23.1. The third-order valence-electron chi connectivity index (χ3n) is 2.98. The van der Waals surface area contributed by atoms with E-state index in [-0.39, 0.29) is 12.1 Å². The van der Waals surface area contributed by atoms with Gasteiger partial charge in [-0.1, -0.05) is 33.3 Å². The number of carbonyl (C=O) groups excluding carboxylic acids is 1. The molecule has 0 aromatic rings. The van der Waals surface area contributed by atoms with E-state index in [1.165, 1.54) is 0 Å². The Kier molecular flexibility index (Phi) is 9.16. The van der Waals surface area contributed by atoms with Crippen molar-refractivity contribution < 1.29 is 45.6 Å². The molecule has 0 aromatic heterocycles. The number of halogens is 6. The molecule has 11 heteroatoms. The van der Waals surface area contributed by atoms with Gasteiger partial charge in [0.25, 0.3) is 0 Å². The van der Waals surface area contributed by atoms with Crippen molar-refractivity contribution in [1.29, 1.82) is 0 Å². The fraction of sp³-hybridized carbons (Fsp3) is 0.786. The van der Waals surface area contributed by atoms with Gasteiger partial charge in [0.2, 0.25) is 0 Å². The molecule has 25 heavy (non-hydrogen) atoms. The van der Waals surface area contributed by atoms with Crippen LogP contribution in [-0.4, -0.2) is 29.3 Å². The molecule has 0 saturated carbocycles. The first kappa shape index (κ1) is 26.4. The molecule has 0 aliphatic heterocycles. The van der Waals surface area contributed by atoms with Gasteiger partial charge in [-0.25, -0.2) is 4.79 Å². The molecule has 0 rings (SSSR count). The zero-order valence-electron chi connectivity index (χ0n) is 14.7. The van der Waals surface area contributed by atoms with E-state index in [2.05, 4.69) is 26.2 Å². The van der Waals surface area contributed by atoms with Crippen molar-refractivity contribution in [3.8, 4) is 0 Å². The van der Waals surface area contributed by atoms with Crippen molar-refractivity contribution >= 4 is 13.8 Å². The van der Waals surface area contributed by atoms with E-state index in [1.807, 2.05) is 0 Å². The van der Waals surface area contributed by atoms with Crippen LogP contribution in [-0.2, 0) is 9.53 Å². The summed E-state index contributed by atoms with van der Waals surface area (Å²) < 4.78 is 64.1. The maximum absolute atomic E-state index is 11.2. The quantitative estimate of drug-likeness (QED) is 0.251. The fourth-order valence-corrected chi connectivity index (χ4v) is 2.24. The van der Waals surface area contributed by atoms with E-state index in [0.29, 0.717) is 12.0 Å². The molecule has 0 fully saturated rings. The van der Waals surface area contributed by atoms with Crippen LogP contribution in [0, 0.1) is 0 Å². The first-order valence-electron chi connectivity index (χ1n) is 7.72. The average Bonchev–Trinajstić information content (AvgIpc) is 2.32. The van der Waals surface area contributed by atoms with Gasteiger partial charge in [-0.05, 0) is 6.92 Å². The Hall–Kier alpha value is -0.860. The summed E-state index contributed by atoms with van der Waals surface area (Å²) in [6.45, 7) is 9.34. The molecular weight excluding hydrogens is 375 g/mol. The molecule has 0 saturated heterocycles. The van der Waals surface area contributed by atoms with Crippen molar-refractivity contribution in [2.45, 2.75) is 64.5 Å². The Balaban J connectivity index is 0. The van der Waals surface area contributed by atoms with Gasteiger partial charge >= 0.3 is 39.0 Å². The molecule has 0 aliphatic carbocycles. The number of aliphatic hydroxyl groups excluding tert-OH is 1. The van der Waals surface area contributed by atoms with Crippen LogP contribution >= 0.6 is 7.81 Å². The van der Waals surface area contributed by atoms with Crippen molar-refractivity contribution in [3.63, 3.8) is 0 Å². The first-order valence-corrected chi connectivity index (χ1v) is 9.75. The molecule has 4 N–H and O–H groups in total. The normalized spacial score (nSPS) is 16.0. The van der Waals surface area contributed by atoms with Crippen molar-refractivity contribution in [3.05, 3.63) is 12.2 Å². The summed E-state index contributed by atoms with van der Waals surface area (Å²) in [5.74, 6) is -0.449. The van der Waals surface area contributed by atoms with Gasteiger partial charge in [0.05, 0.1) is 11.6 Å². The number of hydrogen-bond acceptors (Lipinski definition) is 3. The number of hydrogen-bond donors (Lipinski definition) is 2. The molecule has 0 amide bonds. The van der Waals surface area contributed by atoms with Crippen molar-refractivity contribution in [2.75, 3.05) is 6.61 Å². The van der Waals surface area contributed by atoms with Gasteiger partial charge in [0.15, 0.2) is 0 Å². The topological polar surface area (TPSA) is 74.2 Å². The summed E-state index contributed by atoms with van der Waals surface area (Å²) >= 11 is 0. The number of quaternary nitrogens is 1. The molecule has 0 heterocycles. The van der Waals surface area contributed by atoms with Gasteiger partial charge < -0.3 is 15.6 Å². The van der Waals surface area contributed by atoms with E-state index in [9.17, 15) is 35.1 Å². The van der Waals surface area contributed by atoms with Gasteiger partial charge in [-0.15, -0.1) is 0 Å². The summed E-state index contributed by atoms with van der Waals surface area (Å²) in [6.07, 6.45) is 3.96. The molecule has 0 aromatic carbocycles. The summed E-state index contributed by atoms with van der Waals surface area (Å²) in [7, 11) is -10.7. The second-order valence-corrected chi connectivity index (χ2v) is 8.11. The monoisotopic (exact) mass is 403 g/mol. The predicted molar refractivity (Wildman–Crippen MR) is 85.4 cm³/mol. The Labute approximate surface area is 143 Å². The standard InChI is InChI=1S/C14H27NO3.F6P/c1-5-7-14(15,8-6-2)9-12(16)10-18-13(17)11(3)4;1-7(2,3,4,5)6/h12,16H,3,5-10,15H2,1-2,4H3;/q;-1/p+1. The third-order valence-corrected chi connectivity index (χ3v) is 2.98. The van der Waals surface area contributed by atoms with Crippen LogP contribution in [0.3, 0.4) is 0 Å². The van der Waals surface area contributed by atoms with Crippen LogP contribution in [0.2, 0.25) is 0 Å². The minimum atomic E-state index is -10.7. The van der Waals surface area contributed by atoms with Crippen LogP contribution in [0.15, 0.2) is 12.2 Å². The van der Waals surface area contributed by atoms with Crippen LogP contribution in [0.25, 0.3) is 0 Å². The Morgan fingerprint density at radius 3 is 1.80 bits per heavy atom. The summed E-state index contributed by atoms with van der Waals surface area (Å²) in [4.78, 5) is 11.2. The Morgan fingerprint density at radius 2 is 1.52 bits per heavy atom. The van der Waals surface area contributed by atoms with E-state index >= 15 is 0 Å². The fourth-order valence-electron chi connectivity index (χ4n) is 2.24. The van der Waals surface area contributed by atoms with E-state index in [1.54, 1.807) is 6.92 Å². The first-order chi connectivity index (χ1) is 10.8. The van der Waals surface area contributed by atoms with Gasteiger partial charge in [-0.3, -0.25) is 0 Å². The molecule has 154 valence electrons. The Morgan fingerprint density at radius 1 is 1.16 bits per heavy atom. The SMILES string of the molecule is C=C(C)C(=O)OCC(O)CC([NH3+])(CCC)CCC.F[P-](F)(F)(F)(F)F. The van der Waals surface area contributed by atoms with Gasteiger partial charge in [0, 0.05) is 24.8 Å². The van der Waals surface area contributed by atoms with Crippen molar-refractivity contribution in [2.24, 2.45) is 0 Å². The number of carbonyl (C=O) groups is 1. The number of rotatable bonds is 9. The zero-order valence-corrected chi connectivity index (χ0v) is 15.6. The molecular formula is C14H28F6NO3P. The Bertz CT molecular complexity index is 435. The van der Waals surface area contributed by atoms with E-state index in [0.717, 1.165) is 25.7 Å². The predicted octanol–water partition coefficient (Wildman–Crippen LogP) is 4.82. The number of aliphatic hydroxyl groups is 1. The molecule has 1 atom stereocenters. The molecule has 0 spiro atoms. The van der Waals surface area contributed by atoms with Gasteiger partial charge in [0.1, 0.15) is 6.61 Å². The second kappa shape index (κ2) is 8.68. The van der Waals surface area contributed by atoms with Gasteiger partial charge in [-0.2, -0.15) is 0 Å². The molecule has 0 bridgehead atoms. The molecule has 1 unspecified atom stereocenters. The number of esters is 1. The van der Waals surface area contributed by atoms with Crippen LogP contribution in [0.4, 0.5) is 25.2 Å². The van der Waals surface area contributed by atoms with Crippen molar-refractivity contribution in [1.82, 2.24) is 0 Å². The molecule has 4 nitrogen and oxygen atoms in total. The summed E-state index contributed by atoms with van der Waals surface area (Å²) in [5, 5.41) is 9.92. The van der Waals surface area contributed by atoms with Crippen LogP contribution in [0.5, 0.6) is 0 Å². The summed E-state index contributed by atoms with van der Waals surface area (Å²) in [5.41, 5.74) is 4.47. The van der Waals surface area contributed by atoms with Crippen LogP contribution in [0.1, 0.15) is 52.9 Å². The second-order valence-electron chi connectivity index (χ2n) is 6.20.